The first-order valence-electron chi connectivity index (χ1n) is 31.9. The van der Waals surface area contributed by atoms with E-state index in [2.05, 4.69) is 303 Å². The first-order valence-corrected chi connectivity index (χ1v) is 31.9. The quantitative estimate of drug-likeness (QED) is 0.101. The molecule has 2 aliphatic rings. The SMILES string of the molecule is [C-]#[N+]c1cc(C#N)cc(-c2ccc(-n3c4ccccc4c4cc(-c5cc6c7c(c5)N(c5ccc(-c8ccccc8)cc5)c5ccc(-c8ccccc8)cc5B7c5cc(-c7ccccc7)ccc5N6c5ccc(-c6ccccc6)cc5)ccc43)c(-c3cc(C#N)cc([N+]#[C-])c3)c2)c1. The van der Waals surface area contributed by atoms with Gasteiger partial charge in [-0.25, -0.2) is 9.69 Å². The minimum absolute atomic E-state index is 0.188. The maximum absolute atomic E-state index is 10.4. The number of fused-ring (bicyclic) bond motifs is 7. The molecule has 0 spiro atoms. The number of nitrogens with zero attached hydrogens (tertiary/aromatic N) is 7. The molecule has 0 saturated heterocycles. The Morgan fingerprint density at radius 3 is 1.18 bits per heavy atom. The lowest BCUT2D eigenvalue weighted by molar-refractivity contribution is 1.18. The zero-order valence-electron chi connectivity index (χ0n) is 51.7. The molecule has 1 aromatic heterocycles. The molecule has 0 aliphatic carbocycles. The lowest BCUT2D eigenvalue weighted by atomic mass is 9.33. The van der Waals surface area contributed by atoms with Gasteiger partial charge in [0.15, 0.2) is 11.4 Å². The molecule has 0 unspecified atom stereocenters. The summed E-state index contributed by atoms with van der Waals surface area (Å²) in [5.74, 6) is 0. The summed E-state index contributed by atoms with van der Waals surface area (Å²) in [6.07, 6.45) is 0. The van der Waals surface area contributed by atoms with E-state index in [1.807, 2.05) is 24.3 Å². The smallest absolute Gasteiger partial charge is 0.252 e. The average Bonchev–Trinajstić information content (AvgIpc) is 1.10. The van der Waals surface area contributed by atoms with Gasteiger partial charge in [0.05, 0.1) is 42.0 Å². The predicted octanol–water partition coefficient (Wildman–Crippen LogP) is 21.4. The predicted molar refractivity (Wildman–Crippen MR) is 395 cm³/mol. The Morgan fingerprint density at radius 1 is 0.292 bits per heavy atom. The molecule has 0 atom stereocenters. The van der Waals surface area contributed by atoms with Gasteiger partial charge in [-0.1, -0.05) is 200 Å². The van der Waals surface area contributed by atoms with Crippen molar-refractivity contribution < 1.29 is 0 Å². The van der Waals surface area contributed by atoms with Crippen LogP contribution in [0.3, 0.4) is 0 Å². The largest absolute Gasteiger partial charge is 0.311 e. The van der Waals surface area contributed by atoms with E-state index in [9.17, 15) is 10.5 Å². The summed E-state index contributed by atoms with van der Waals surface area (Å²) in [6, 6.07) is 116. The second-order valence-electron chi connectivity index (χ2n) is 24.4. The minimum Gasteiger partial charge on any atom is -0.311 e. The number of anilines is 6. The van der Waals surface area contributed by atoms with Gasteiger partial charge < -0.3 is 14.4 Å². The van der Waals surface area contributed by atoms with E-state index >= 15 is 0 Å². The van der Waals surface area contributed by atoms with Gasteiger partial charge in [0.25, 0.3) is 6.71 Å². The van der Waals surface area contributed by atoms with E-state index in [0.29, 0.717) is 33.6 Å². The zero-order valence-corrected chi connectivity index (χ0v) is 51.7. The Labute approximate surface area is 557 Å². The molecule has 442 valence electrons. The van der Waals surface area contributed by atoms with Crippen molar-refractivity contribution in [3.8, 4) is 95.7 Å². The Bertz CT molecular complexity index is 5550. The standard InChI is InChI=1S/C88H52BN7/c1-92-72-45-57(55-90)43-69(47-72)65-31-39-82(77(49-65)71-44-58(56-91)46-73(48-71)93-2)96-81-26-16-15-25-76(81)78-50-66(32-40-83(78)96)70-53-86-88-87(54-70)95(75-37-29-64(30-38-75)60-19-9-4-10-20-60)85-42-34-68(62-23-13-6-14-24-62)52-80(85)89(88)79-51-67(61-21-11-5-12-22-61)33-41-84(79)94(86)74-35-27-63(28-36-74)59-17-7-3-8-18-59/h3-54H. The molecule has 17 rings (SSSR count). The van der Waals surface area contributed by atoms with E-state index in [4.69, 9.17) is 13.1 Å². The van der Waals surface area contributed by atoms with Gasteiger partial charge in [0, 0.05) is 61.6 Å². The number of para-hydroxylation sites is 1. The molecule has 3 heterocycles. The van der Waals surface area contributed by atoms with Crippen molar-refractivity contribution in [3.63, 3.8) is 0 Å². The van der Waals surface area contributed by atoms with Gasteiger partial charge in [-0.3, -0.25) is 0 Å². The summed E-state index contributed by atoms with van der Waals surface area (Å²) in [5, 5.41) is 22.5. The van der Waals surface area contributed by atoms with Crippen molar-refractivity contribution >= 4 is 90.4 Å². The minimum atomic E-state index is -0.188. The fraction of sp³-hybridized carbons (Fsp3) is 0. The van der Waals surface area contributed by atoms with Gasteiger partial charge in [0.1, 0.15) is 0 Å². The van der Waals surface area contributed by atoms with E-state index < -0.39 is 0 Å². The first-order chi connectivity index (χ1) is 47.4. The van der Waals surface area contributed by atoms with Crippen LogP contribution in [0.2, 0.25) is 0 Å². The van der Waals surface area contributed by atoms with E-state index in [-0.39, 0.29) is 6.71 Å². The highest BCUT2D eigenvalue weighted by Gasteiger charge is 2.44. The molecule has 2 aliphatic heterocycles. The van der Waals surface area contributed by atoms with E-state index in [0.717, 1.165) is 128 Å². The summed E-state index contributed by atoms with van der Waals surface area (Å²) in [5.41, 5.74) is 28.5. The maximum Gasteiger partial charge on any atom is 0.252 e. The topological polar surface area (TPSA) is 67.7 Å². The second-order valence-corrected chi connectivity index (χ2v) is 24.4. The molecule has 15 aromatic rings. The third kappa shape index (κ3) is 9.66. The number of hydrogen-bond acceptors (Lipinski definition) is 4. The Kier molecular flexibility index (Phi) is 13.7. The maximum atomic E-state index is 10.4. The van der Waals surface area contributed by atoms with Crippen molar-refractivity contribution in [2.45, 2.75) is 0 Å². The van der Waals surface area contributed by atoms with Crippen molar-refractivity contribution in [2.24, 2.45) is 0 Å². The van der Waals surface area contributed by atoms with Crippen molar-refractivity contribution in [2.75, 3.05) is 9.80 Å². The highest BCUT2D eigenvalue weighted by molar-refractivity contribution is 7.00. The molecule has 0 N–H and O–H groups in total. The molecule has 8 heteroatoms. The molecule has 0 radical (unpaired) electrons. The van der Waals surface area contributed by atoms with Gasteiger partial charge in [-0.2, -0.15) is 10.5 Å². The van der Waals surface area contributed by atoms with Gasteiger partial charge in [0.2, 0.25) is 0 Å². The van der Waals surface area contributed by atoms with Crippen LogP contribution >= 0.6 is 0 Å². The molecule has 0 amide bonds. The summed E-state index contributed by atoms with van der Waals surface area (Å²) >= 11 is 0. The van der Waals surface area contributed by atoms with Crippen LogP contribution in [0.25, 0.3) is 115 Å². The third-order valence-electron chi connectivity index (χ3n) is 19.0. The molecule has 0 fully saturated rings. The van der Waals surface area contributed by atoms with Crippen LogP contribution in [0, 0.1) is 35.8 Å². The highest BCUT2D eigenvalue weighted by Crippen LogP contribution is 2.49. The summed E-state index contributed by atoms with van der Waals surface area (Å²) in [4.78, 5) is 12.5. The number of nitriles is 2. The second kappa shape index (κ2) is 23.3. The normalized spacial score (nSPS) is 11.9. The van der Waals surface area contributed by atoms with Crippen LogP contribution in [0.5, 0.6) is 0 Å². The number of aromatic nitrogens is 1. The van der Waals surface area contributed by atoms with Crippen molar-refractivity contribution in [1.82, 2.24) is 4.57 Å². The lowest BCUT2D eigenvalue weighted by Crippen LogP contribution is -2.61. The fourth-order valence-electron chi connectivity index (χ4n) is 14.6. The van der Waals surface area contributed by atoms with Crippen molar-refractivity contribution in [3.05, 3.63) is 349 Å². The Morgan fingerprint density at radius 2 is 0.677 bits per heavy atom. The first kappa shape index (κ1) is 56.5. The monoisotopic (exact) mass is 1220 g/mol. The van der Waals surface area contributed by atoms with Crippen LogP contribution in [0.4, 0.5) is 45.5 Å². The third-order valence-corrected chi connectivity index (χ3v) is 19.0. The number of hydrogen-bond donors (Lipinski definition) is 0. The molecule has 0 bridgehead atoms. The molecule has 0 saturated carbocycles. The van der Waals surface area contributed by atoms with Crippen molar-refractivity contribution in [1.29, 1.82) is 10.5 Å². The number of rotatable bonds is 10. The van der Waals surface area contributed by atoms with Crippen LogP contribution in [-0.4, -0.2) is 11.3 Å². The Hall–Kier alpha value is -13.5. The highest BCUT2D eigenvalue weighted by atomic mass is 15.2. The van der Waals surface area contributed by atoms with Crippen LogP contribution in [0.15, 0.2) is 315 Å². The fourth-order valence-corrected chi connectivity index (χ4v) is 14.6. The molecule has 14 aromatic carbocycles. The Balaban J connectivity index is 0.921. The van der Waals surface area contributed by atoms with Crippen LogP contribution in [0.1, 0.15) is 11.1 Å². The molecular formula is C88H52BN7. The summed E-state index contributed by atoms with van der Waals surface area (Å²) in [7, 11) is 0. The van der Waals surface area contributed by atoms with Gasteiger partial charge in [-0.15, -0.1) is 0 Å². The summed E-state index contributed by atoms with van der Waals surface area (Å²) < 4.78 is 2.28. The molecular weight excluding hydrogens is 1170 g/mol. The van der Waals surface area contributed by atoms with Crippen LogP contribution in [-0.2, 0) is 0 Å². The van der Waals surface area contributed by atoms with E-state index in [1.54, 1.807) is 24.3 Å². The summed E-state index contributed by atoms with van der Waals surface area (Å²) in [6.45, 7) is 15.8. The zero-order chi connectivity index (χ0) is 64.4. The average molecular weight is 1220 g/mol. The van der Waals surface area contributed by atoms with Crippen LogP contribution < -0.4 is 26.2 Å². The van der Waals surface area contributed by atoms with Gasteiger partial charge >= 0.3 is 0 Å². The van der Waals surface area contributed by atoms with Gasteiger partial charge in [-0.05, 0) is 204 Å². The number of benzene rings is 14. The van der Waals surface area contributed by atoms with E-state index in [1.165, 1.54) is 16.4 Å². The molecule has 7 nitrogen and oxygen atoms in total. The molecule has 96 heavy (non-hydrogen) atoms. The lowest BCUT2D eigenvalue weighted by Gasteiger charge is -2.44.